The number of benzene rings is 5. The molecule has 15 atom stereocenters. The number of aryl methyl sites for hydroxylation is 1. The Hall–Kier alpha value is -14.5. The number of likely N-dealkylation sites (N-methyl/N-ethyl adjacent to an activating group) is 1. The van der Waals surface area contributed by atoms with E-state index >= 15 is 38.4 Å². The number of carboxylic acid groups (broad SMARTS) is 3. The van der Waals surface area contributed by atoms with Crippen LogP contribution in [0.3, 0.4) is 0 Å². The van der Waals surface area contributed by atoms with E-state index in [1.54, 1.807) is 83.1 Å². The lowest BCUT2D eigenvalue weighted by Gasteiger charge is -2.32. The molecule has 1 saturated heterocycles. The van der Waals surface area contributed by atoms with Crippen LogP contribution in [0.4, 0.5) is 0 Å². The van der Waals surface area contributed by atoms with Gasteiger partial charge in [-0.25, -0.2) is 9.59 Å². The molecule has 0 unspecified atom stereocenters. The van der Waals surface area contributed by atoms with Crippen LogP contribution in [0.5, 0.6) is 5.75 Å². The molecule has 2 fully saturated rings. The zero-order valence-corrected chi connectivity index (χ0v) is 85.4. The van der Waals surface area contributed by atoms with Crippen molar-refractivity contribution in [1.82, 2.24) is 79.3 Å². The number of aliphatic hydroxyl groups is 1. The number of carbonyl (C=O) groups excluding carboxylic acids is 17. The number of hydrogen-bond acceptors (Lipinski definition) is 26. The van der Waals surface area contributed by atoms with Gasteiger partial charge in [0.2, 0.25) is 100 Å². The Balaban J connectivity index is 1.39. The summed E-state index contributed by atoms with van der Waals surface area (Å²) in [7, 11) is 1.19. The van der Waals surface area contributed by atoms with Crippen molar-refractivity contribution in [3.05, 3.63) is 161 Å². The van der Waals surface area contributed by atoms with Gasteiger partial charge in [0.25, 0.3) is 0 Å². The van der Waals surface area contributed by atoms with Crippen molar-refractivity contribution in [3.63, 3.8) is 0 Å². The standard InChI is InChI=1S/C102H142N20O25S/c1-55(2)44-72-90(133)109-70(40-43-105)89(132)113-76(46-59-19-12-10-13-20-59)96(139)121-84(56(3)4)98(141)110-69(24-17-41-103)88(131)119-79(97(140)108-68(39-42-104)86(107)129)53-148-54-81(124)120-85(102(7,8)146)99(142)118-75(49-62-29-35-67(36-30-62)147-52-83(127)128)93(136)117-78(51-82(125)126)95(138)116-77(50-63-21-16-18-57(5)45-63)94(137)115-74(48-61-27-33-66(34-28-61)101(144)145)92(135)114-73(47-60-25-31-65(32-26-60)64-22-14-11-15-23-64)91(134)111-71(37-38-80(106)123)100(143)122(9)58(6)87(130)112-72/h11,14-16,18,21-23,25-36,45,55-56,58-59,68-79,84-85,146H,10,12-13,17,19-20,24,37-44,46-54,103-105H2,1-9H3,(H2,106,123)(H2,107,129)(H,108,140)(H,109,133)(H,110,141)(H,111,134)(H,112,130)(H,113,132)(H,114,135)(H,115,137)(H,116,138)(H,117,136)(H,118,142)(H,119,131)(H,120,124)(H,121,139)(H,125,126)(H,127,128)(H,144,145)/t58-,68-,69-,70-,71-,72+,73-,74-,75-,76-,77-,78-,79-,84-,85+/m0/s1. The average molecular weight is 2080 g/mol. The fraction of sp³-hybridized carbons (Fsp3) is 0.510. The van der Waals surface area contributed by atoms with Crippen LogP contribution in [0.2, 0.25) is 0 Å². The molecule has 28 N–H and O–H groups in total. The minimum absolute atomic E-state index is 0.0132. The zero-order valence-electron chi connectivity index (χ0n) is 84.6. The molecule has 148 heavy (non-hydrogen) atoms. The molecule has 1 saturated carbocycles. The van der Waals surface area contributed by atoms with Crippen molar-refractivity contribution in [2.75, 3.05) is 44.8 Å². The molecule has 0 radical (unpaired) electrons. The van der Waals surface area contributed by atoms with E-state index in [4.69, 9.17) is 33.4 Å². The van der Waals surface area contributed by atoms with Crippen LogP contribution in [0.25, 0.3) is 11.1 Å². The van der Waals surface area contributed by atoms with Gasteiger partial charge in [-0.1, -0.05) is 168 Å². The molecular formula is C102H142N20O25S. The van der Waals surface area contributed by atoms with Crippen molar-refractivity contribution >= 4 is 130 Å². The van der Waals surface area contributed by atoms with Crippen LogP contribution in [0, 0.1) is 24.7 Å². The number of nitrogens with zero attached hydrogens (tertiary/aromatic N) is 1. The lowest BCUT2D eigenvalue weighted by molar-refractivity contribution is -0.143. The van der Waals surface area contributed by atoms with Crippen molar-refractivity contribution in [2.45, 2.75) is 267 Å². The number of rotatable bonds is 34. The van der Waals surface area contributed by atoms with Crippen molar-refractivity contribution < 1.29 is 121 Å². The third-order valence-electron chi connectivity index (χ3n) is 25.0. The fourth-order valence-electron chi connectivity index (χ4n) is 16.7. The second-order valence-electron chi connectivity index (χ2n) is 38.4. The number of thioether (sulfide) groups is 1. The normalized spacial score (nSPS) is 23.0. The number of amides is 17. The molecule has 0 bridgehead atoms. The van der Waals surface area contributed by atoms with Gasteiger partial charge in [0.05, 0.1) is 23.3 Å². The van der Waals surface area contributed by atoms with Crippen molar-refractivity contribution in [3.8, 4) is 16.9 Å². The largest absolute Gasteiger partial charge is 0.482 e. The van der Waals surface area contributed by atoms with Gasteiger partial charge in [-0.05, 0) is 168 Å². The molecule has 5 aromatic carbocycles. The summed E-state index contributed by atoms with van der Waals surface area (Å²) < 4.78 is 5.31. The summed E-state index contributed by atoms with van der Waals surface area (Å²) >= 11 is 0.650. The molecule has 1 aliphatic heterocycles. The van der Waals surface area contributed by atoms with Gasteiger partial charge in [0.1, 0.15) is 96.4 Å². The van der Waals surface area contributed by atoms with Crippen LogP contribution in [-0.2, 0) is 117 Å². The quantitative estimate of drug-likeness (QED) is 0.0225. The number of nitrogens with two attached hydrogens (primary N) is 5. The van der Waals surface area contributed by atoms with Gasteiger partial charge >= 0.3 is 17.9 Å². The van der Waals surface area contributed by atoms with Crippen LogP contribution in [0.1, 0.15) is 177 Å². The number of aliphatic carboxylic acids is 2. The summed E-state index contributed by atoms with van der Waals surface area (Å²) in [6.07, 6.45) is -1.27. The first-order valence-corrected chi connectivity index (χ1v) is 50.4. The summed E-state index contributed by atoms with van der Waals surface area (Å²) in [4.78, 5) is 289. The third-order valence-corrected chi connectivity index (χ3v) is 26.0. The fourth-order valence-corrected chi connectivity index (χ4v) is 17.6. The first kappa shape index (κ1) is 120. The smallest absolute Gasteiger partial charge is 0.341 e. The molecule has 45 nitrogen and oxygen atoms in total. The lowest BCUT2D eigenvalue weighted by atomic mass is 9.84. The van der Waals surface area contributed by atoms with E-state index in [-0.39, 0.29) is 92.4 Å². The lowest BCUT2D eigenvalue weighted by Crippen LogP contribution is -2.63. The first-order chi connectivity index (χ1) is 70.0. The monoisotopic (exact) mass is 2080 g/mol. The van der Waals surface area contributed by atoms with E-state index in [0.717, 1.165) is 49.1 Å². The predicted molar refractivity (Wildman–Crippen MR) is 545 cm³/mol. The van der Waals surface area contributed by atoms with Gasteiger partial charge in [0.15, 0.2) is 6.61 Å². The molecule has 2 aliphatic rings. The van der Waals surface area contributed by atoms with E-state index in [2.05, 4.69) is 74.4 Å². The highest BCUT2D eigenvalue weighted by Crippen LogP contribution is 2.29. The maximum Gasteiger partial charge on any atom is 0.341 e. The van der Waals surface area contributed by atoms with Gasteiger partial charge < -0.3 is 133 Å². The Labute approximate surface area is 862 Å². The molecular weight excluding hydrogens is 1940 g/mol. The topological polar surface area (TPSA) is 733 Å². The van der Waals surface area contributed by atoms with E-state index in [1.165, 1.54) is 62.5 Å². The Morgan fingerprint density at radius 2 is 0.973 bits per heavy atom. The number of aromatic carboxylic acids is 1. The number of carboxylic acids is 3. The maximum absolute atomic E-state index is 15.7. The number of hydrogen-bond donors (Lipinski definition) is 23. The highest BCUT2D eigenvalue weighted by atomic mass is 32.2. The van der Waals surface area contributed by atoms with Crippen LogP contribution >= 0.6 is 11.8 Å². The average Bonchev–Trinajstić information content (AvgIpc) is 0.831. The number of ether oxygens (including phenoxy) is 1. The summed E-state index contributed by atoms with van der Waals surface area (Å²) in [5.41, 5.74) is 30.0. The van der Waals surface area contributed by atoms with Crippen LogP contribution in [0.15, 0.2) is 127 Å². The second-order valence-corrected chi connectivity index (χ2v) is 39.4. The maximum atomic E-state index is 15.7. The van der Waals surface area contributed by atoms with Crippen LogP contribution in [-0.4, -0.2) is 285 Å². The van der Waals surface area contributed by atoms with E-state index in [0.29, 0.717) is 41.3 Å². The second kappa shape index (κ2) is 59.3. The minimum Gasteiger partial charge on any atom is -0.482 e. The zero-order chi connectivity index (χ0) is 109. The summed E-state index contributed by atoms with van der Waals surface area (Å²) in [6, 6.07) is 7.06. The Bertz CT molecular complexity index is 5440. The van der Waals surface area contributed by atoms with Crippen molar-refractivity contribution in [2.24, 2.45) is 46.4 Å². The summed E-state index contributed by atoms with van der Waals surface area (Å²) in [5, 5.41) is 78.1. The van der Waals surface area contributed by atoms with E-state index < -0.39 is 284 Å². The Kier molecular flexibility index (Phi) is 48.3. The Morgan fingerprint density at radius 1 is 0.493 bits per heavy atom. The molecule has 17 amide bonds. The first-order valence-electron chi connectivity index (χ1n) is 49.2. The molecule has 0 aromatic heterocycles. The molecule has 1 aliphatic carbocycles. The minimum atomic E-state index is -2.28. The van der Waals surface area contributed by atoms with Gasteiger partial charge in [-0.3, -0.25) is 86.3 Å². The molecule has 7 rings (SSSR count). The molecule has 46 heteroatoms. The summed E-state index contributed by atoms with van der Waals surface area (Å²) in [6.45, 7) is 10.6. The molecule has 806 valence electrons. The van der Waals surface area contributed by atoms with E-state index in [1.807, 2.05) is 30.3 Å². The number of primary amides is 2. The van der Waals surface area contributed by atoms with Crippen LogP contribution < -0.4 is 108 Å². The number of nitrogens with one attached hydrogen (secondary N) is 14. The molecule has 1 heterocycles. The van der Waals surface area contributed by atoms with Gasteiger partial charge in [0, 0.05) is 44.9 Å². The van der Waals surface area contributed by atoms with Gasteiger partial charge in [-0.2, -0.15) is 0 Å². The summed E-state index contributed by atoms with van der Waals surface area (Å²) in [5.74, 6) is -25.1. The molecule has 0 spiro atoms. The van der Waals surface area contributed by atoms with E-state index in [9.17, 15) is 78.0 Å². The van der Waals surface area contributed by atoms with Gasteiger partial charge in [-0.15, -0.1) is 11.8 Å². The predicted octanol–water partition coefficient (Wildman–Crippen LogP) is -1.42. The van der Waals surface area contributed by atoms with Crippen molar-refractivity contribution in [1.29, 1.82) is 0 Å². The third kappa shape index (κ3) is 39.7. The number of carbonyl (C=O) groups is 20. The molecule has 5 aromatic rings. The highest BCUT2D eigenvalue weighted by molar-refractivity contribution is 8.00. The Morgan fingerprint density at radius 3 is 1.49 bits per heavy atom. The highest BCUT2D eigenvalue weighted by Gasteiger charge is 2.43. The SMILES string of the molecule is Cc1cccc(C[C@@H]2NC(=O)[C@H](CC(=O)O)NC(=O)[C@H](Cc3ccc(OCC(=O)O)cc3)NC(=O)[C@H](C(C)(C)O)NC(=O)CSC[C@@H](C(=O)N[C@@H](CCN)C(N)=O)NC(=O)[C@H](CCCN)NC(=O)[C@H](C(C)C)NC(=O)[C@H](CC3CCCCC3)NC(=O)[C@H](CCN)NC(=O)[C@@H](CC(C)C)NC(=O)[C@H](C)N(C)C(=O)[C@H](CCC(N)=O)NC(=O)[C@H](Cc3ccc(-c4ccccc4)cc3)NC(=O)[C@H](Cc3ccc(C(=O)O)cc3)NC2=O)c1.